The number of nitro groups is 1. The first-order chi connectivity index (χ1) is 11.5. The predicted octanol–water partition coefficient (Wildman–Crippen LogP) is 4.09. The molecule has 24 heavy (non-hydrogen) atoms. The van der Waals surface area contributed by atoms with Crippen LogP contribution in [0.3, 0.4) is 0 Å². The second kappa shape index (κ2) is 6.49. The minimum absolute atomic E-state index is 0.0249. The molecule has 0 unspecified atom stereocenters. The maximum absolute atomic E-state index is 10.9. The van der Waals surface area contributed by atoms with Crippen LogP contribution in [-0.2, 0) is 0 Å². The van der Waals surface area contributed by atoms with Gasteiger partial charge in [0.05, 0.1) is 4.92 Å². The third-order valence-corrected chi connectivity index (χ3v) is 3.50. The summed E-state index contributed by atoms with van der Waals surface area (Å²) < 4.78 is 11.1. The van der Waals surface area contributed by atoms with Crippen molar-refractivity contribution in [1.82, 2.24) is 10.1 Å². The molecular formula is C17H15N3O4. The molecule has 0 bridgehead atoms. The molecule has 0 fully saturated rings. The van der Waals surface area contributed by atoms with Crippen molar-refractivity contribution in [2.24, 2.45) is 0 Å². The van der Waals surface area contributed by atoms with Crippen LogP contribution in [0.15, 0.2) is 53.1 Å². The number of rotatable bonds is 5. The Morgan fingerprint density at radius 2 is 2.00 bits per heavy atom. The number of aryl methyl sites for hydroxylation is 1. The zero-order valence-corrected chi connectivity index (χ0v) is 13.2. The van der Waals surface area contributed by atoms with Crippen molar-refractivity contribution in [2.45, 2.75) is 20.0 Å². The molecule has 2 aromatic carbocycles. The number of hydrogen-bond acceptors (Lipinski definition) is 6. The van der Waals surface area contributed by atoms with Crippen LogP contribution in [-0.4, -0.2) is 15.1 Å². The highest BCUT2D eigenvalue weighted by Gasteiger charge is 2.18. The average Bonchev–Trinajstić information content (AvgIpc) is 3.07. The van der Waals surface area contributed by atoms with E-state index in [0.29, 0.717) is 11.5 Å². The molecule has 0 saturated carbocycles. The van der Waals surface area contributed by atoms with Crippen LogP contribution >= 0.6 is 0 Å². The number of nitrogens with zero attached hydrogens (tertiary/aromatic N) is 3. The second-order valence-corrected chi connectivity index (χ2v) is 5.29. The maximum Gasteiger partial charge on any atom is 0.270 e. The molecular weight excluding hydrogens is 310 g/mol. The lowest BCUT2D eigenvalue weighted by molar-refractivity contribution is -0.384. The van der Waals surface area contributed by atoms with Gasteiger partial charge in [0.1, 0.15) is 5.75 Å². The van der Waals surface area contributed by atoms with Gasteiger partial charge in [-0.05, 0) is 25.5 Å². The molecule has 3 aromatic rings. The largest absolute Gasteiger partial charge is 0.481 e. The van der Waals surface area contributed by atoms with E-state index in [-0.39, 0.29) is 11.5 Å². The Balaban J connectivity index is 1.81. The summed E-state index contributed by atoms with van der Waals surface area (Å²) in [4.78, 5) is 14.7. The molecule has 0 saturated heterocycles. The third kappa shape index (κ3) is 3.24. The van der Waals surface area contributed by atoms with Crippen molar-refractivity contribution >= 4 is 5.69 Å². The molecule has 7 heteroatoms. The molecule has 3 rings (SSSR count). The molecule has 0 N–H and O–H groups in total. The summed E-state index contributed by atoms with van der Waals surface area (Å²) in [5, 5.41) is 14.7. The normalized spacial score (nSPS) is 11.9. The molecule has 7 nitrogen and oxygen atoms in total. The quantitative estimate of drug-likeness (QED) is 0.518. The van der Waals surface area contributed by atoms with Gasteiger partial charge in [-0.25, -0.2) is 0 Å². The number of para-hydroxylation sites is 1. The van der Waals surface area contributed by atoms with E-state index >= 15 is 0 Å². The number of ether oxygens (including phenoxy) is 1. The highest BCUT2D eigenvalue weighted by atomic mass is 16.6. The van der Waals surface area contributed by atoms with Gasteiger partial charge in [0.15, 0.2) is 6.10 Å². The van der Waals surface area contributed by atoms with Gasteiger partial charge >= 0.3 is 0 Å². The van der Waals surface area contributed by atoms with E-state index in [1.807, 2.05) is 31.2 Å². The van der Waals surface area contributed by atoms with Crippen molar-refractivity contribution in [3.8, 4) is 17.1 Å². The molecule has 122 valence electrons. The first kappa shape index (κ1) is 15.7. The Bertz CT molecular complexity index is 876. The molecule has 0 radical (unpaired) electrons. The molecule has 0 aliphatic rings. The highest BCUT2D eigenvalue weighted by Crippen LogP contribution is 2.26. The van der Waals surface area contributed by atoms with Gasteiger partial charge in [-0.2, -0.15) is 4.98 Å². The van der Waals surface area contributed by atoms with E-state index in [2.05, 4.69) is 10.1 Å². The number of benzene rings is 2. The van der Waals surface area contributed by atoms with Gasteiger partial charge in [-0.15, -0.1) is 0 Å². The summed E-state index contributed by atoms with van der Waals surface area (Å²) in [6.07, 6.45) is -0.439. The molecule has 1 heterocycles. The van der Waals surface area contributed by atoms with Crippen molar-refractivity contribution < 1.29 is 14.2 Å². The SMILES string of the molecule is Cc1ccccc1O[C@@H](C)c1nc(-c2cccc([N+](=O)[O-])c2)no1. The van der Waals surface area contributed by atoms with E-state index < -0.39 is 11.0 Å². The Kier molecular flexibility index (Phi) is 4.24. The summed E-state index contributed by atoms with van der Waals surface area (Å²) in [5.74, 6) is 1.33. The third-order valence-electron chi connectivity index (χ3n) is 3.50. The van der Waals surface area contributed by atoms with Gasteiger partial charge in [0.25, 0.3) is 11.6 Å². The topological polar surface area (TPSA) is 91.3 Å². The summed E-state index contributed by atoms with van der Waals surface area (Å²) >= 11 is 0. The van der Waals surface area contributed by atoms with Gasteiger partial charge in [-0.3, -0.25) is 10.1 Å². The monoisotopic (exact) mass is 325 g/mol. The first-order valence-electron chi connectivity index (χ1n) is 7.35. The standard InChI is InChI=1S/C17H15N3O4/c1-11-6-3-4-9-15(11)23-12(2)17-18-16(19-24-17)13-7-5-8-14(10-13)20(21)22/h3-10,12H,1-2H3/t12-/m0/s1. The van der Waals surface area contributed by atoms with Crippen molar-refractivity contribution in [1.29, 1.82) is 0 Å². The Hall–Kier alpha value is -3.22. The molecule has 0 aliphatic carbocycles. The first-order valence-corrected chi connectivity index (χ1v) is 7.35. The van der Waals surface area contributed by atoms with Crippen LogP contribution in [0.2, 0.25) is 0 Å². The molecule has 1 aromatic heterocycles. The zero-order valence-electron chi connectivity index (χ0n) is 13.2. The fourth-order valence-electron chi connectivity index (χ4n) is 2.21. The fraction of sp³-hybridized carbons (Fsp3) is 0.176. The summed E-state index contributed by atoms with van der Waals surface area (Å²) in [6.45, 7) is 3.75. The van der Waals surface area contributed by atoms with Gasteiger partial charge in [-0.1, -0.05) is 35.5 Å². The van der Waals surface area contributed by atoms with Crippen LogP contribution in [0.4, 0.5) is 5.69 Å². The number of non-ortho nitro benzene ring substituents is 1. The number of hydrogen-bond donors (Lipinski definition) is 0. The average molecular weight is 325 g/mol. The highest BCUT2D eigenvalue weighted by molar-refractivity contribution is 5.58. The van der Waals surface area contributed by atoms with Gasteiger partial charge < -0.3 is 9.26 Å². The van der Waals surface area contributed by atoms with Gasteiger partial charge in [0.2, 0.25) is 5.82 Å². The van der Waals surface area contributed by atoms with E-state index in [1.165, 1.54) is 12.1 Å². The second-order valence-electron chi connectivity index (χ2n) is 5.29. The summed E-state index contributed by atoms with van der Waals surface area (Å²) in [5.41, 5.74) is 1.49. The Morgan fingerprint density at radius 1 is 1.21 bits per heavy atom. The number of aromatic nitrogens is 2. The molecule has 1 atom stereocenters. The van der Waals surface area contributed by atoms with Gasteiger partial charge in [0, 0.05) is 17.7 Å². The molecule has 0 aliphatic heterocycles. The lowest BCUT2D eigenvalue weighted by atomic mass is 10.2. The lowest BCUT2D eigenvalue weighted by Crippen LogP contribution is -2.04. The Labute approximate surface area is 138 Å². The van der Waals surface area contributed by atoms with E-state index in [1.54, 1.807) is 19.1 Å². The molecule has 0 amide bonds. The van der Waals surface area contributed by atoms with Crippen molar-refractivity contribution in [3.05, 3.63) is 70.1 Å². The lowest BCUT2D eigenvalue weighted by Gasteiger charge is -2.12. The van der Waals surface area contributed by atoms with Crippen LogP contribution in [0.5, 0.6) is 5.75 Å². The van der Waals surface area contributed by atoms with Crippen molar-refractivity contribution in [3.63, 3.8) is 0 Å². The molecule has 0 spiro atoms. The summed E-state index contributed by atoms with van der Waals surface area (Å²) in [7, 11) is 0. The van der Waals surface area contributed by atoms with Crippen LogP contribution in [0.25, 0.3) is 11.4 Å². The smallest absolute Gasteiger partial charge is 0.270 e. The van der Waals surface area contributed by atoms with E-state index in [9.17, 15) is 10.1 Å². The predicted molar refractivity (Wildman–Crippen MR) is 86.6 cm³/mol. The van der Waals surface area contributed by atoms with Crippen molar-refractivity contribution in [2.75, 3.05) is 0 Å². The number of nitro benzene ring substituents is 1. The minimum atomic E-state index is -0.464. The van der Waals surface area contributed by atoms with E-state index in [4.69, 9.17) is 9.26 Å². The Morgan fingerprint density at radius 3 is 2.75 bits per heavy atom. The van der Waals surface area contributed by atoms with E-state index in [0.717, 1.165) is 11.3 Å². The van der Waals surface area contributed by atoms with Crippen LogP contribution < -0.4 is 4.74 Å². The maximum atomic E-state index is 10.9. The minimum Gasteiger partial charge on any atom is -0.481 e. The summed E-state index contributed by atoms with van der Waals surface area (Å²) in [6, 6.07) is 13.7. The zero-order chi connectivity index (χ0) is 17.1. The van der Waals surface area contributed by atoms with Crippen LogP contribution in [0, 0.1) is 17.0 Å². The fourth-order valence-corrected chi connectivity index (χ4v) is 2.21. The van der Waals surface area contributed by atoms with Crippen LogP contribution in [0.1, 0.15) is 24.5 Å².